The number of rotatable bonds is 0. The summed E-state index contributed by atoms with van der Waals surface area (Å²) in [7, 11) is 0. The molecule has 0 saturated heterocycles. The highest BCUT2D eigenvalue weighted by molar-refractivity contribution is 4.54. The van der Waals surface area contributed by atoms with Crippen LogP contribution in [0.4, 0.5) is 0 Å². The molecule has 0 atom stereocenters. The molecule has 0 saturated carbocycles. The number of hydrogen-bond acceptors (Lipinski definition) is 3. The van der Waals surface area contributed by atoms with E-state index in [1.807, 2.05) is 0 Å². The van der Waals surface area contributed by atoms with E-state index in [9.17, 15) is 10.4 Å². The first-order valence-corrected chi connectivity index (χ1v) is 2.29. The van der Waals surface area contributed by atoms with Crippen molar-refractivity contribution in [3.8, 4) is 0 Å². The Kier molecular flexibility index (Phi) is 1.78. The summed E-state index contributed by atoms with van der Waals surface area (Å²) in [6.07, 6.45) is 0. The molecule has 0 bridgehead atoms. The molecule has 4 nitrogen and oxygen atoms in total. The van der Waals surface area contributed by atoms with Gasteiger partial charge in [-0.2, -0.15) is 0 Å². The van der Waals surface area contributed by atoms with Crippen LogP contribution in [0.3, 0.4) is 0 Å². The van der Waals surface area contributed by atoms with Gasteiger partial charge in [-0.3, -0.25) is 0 Å². The monoisotopic (exact) mass is 117 g/mol. The Labute approximate surface area is 48.0 Å². The molecular formula is C4H9N2O2-. The van der Waals surface area contributed by atoms with Crippen LogP contribution in [-0.4, -0.2) is 10.4 Å². The summed E-state index contributed by atoms with van der Waals surface area (Å²) in [6, 6.07) is 0. The van der Waals surface area contributed by atoms with E-state index in [1.54, 1.807) is 20.8 Å². The third-order valence-corrected chi connectivity index (χ3v) is 0.648. The van der Waals surface area contributed by atoms with Gasteiger partial charge in [0.25, 0.3) is 0 Å². The first kappa shape index (κ1) is 7.20. The van der Waals surface area contributed by atoms with Crippen LogP contribution in [0.2, 0.25) is 0 Å². The predicted octanol–water partition coefficient (Wildman–Crippen LogP) is 1.25. The minimum Gasteiger partial charge on any atom is -0.739 e. The van der Waals surface area contributed by atoms with Crippen molar-refractivity contribution in [2.24, 2.45) is 5.28 Å². The highest BCUT2D eigenvalue weighted by atomic mass is 16.6. The normalized spacial score (nSPS) is 14.1. The predicted molar refractivity (Wildman–Crippen MR) is 29.2 cm³/mol. The molecule has 0 aliphatic rings. The molecule has 0 aromatic rings. The van der Waals surface area contributed by atoms with Crippen LogP contribution in [0.5, 0.6) is 0 Å². The van der Waals surface area contributed by atoms with Gasteiger partial charge in [-0.1, -0.05) is 4.86 Å². The summed E-state index contributed by atoms with van der Waals surface area (Å²) < 4.78 is 0. The van der Waals surface area contributed by atoms with Gasteiger partial charge in [0.1, 0.15) is 0 Å². The molecule has 0 amide bonds. The first-order chi connectivity index (χ1) is 3.48. The van der Waals surface area contributed by atoms with Crippen LogP contribution in [0, 0.1) is 10.4 Å². The smallest absolute Gasteiger partial charge is 0.190 e. The lowest BCUT2D eigenvalue weighted by molar-refractivity contribution is -0.595. The van der Waals surface area contributed by atoms with E-state index in [4.69, 9.17) is 0 Å². The maximum absolute atomic E-state index is 10.3. The maximum Gasteiger partial charge on any atom is 0.190 e. The SMILES string of the molecule is CC(C)(C)/[N+]([O-])=N/[O-]. The maximum atomic E-state index is 10.3. The van der Waals surface area contributed by atoms with Crippen LogP contribution in [0.1, 0.15) is 20.8 Å². The lowest BCUT2D eigenvalue weighted by atomic mass is 10.1. The van der Waals surface area contributed by atoms with Crippen LogP contribution >= 0.6 is 0 Å². The Morgan fingerprint density at radius 1 is 1.38 bits per heavy atom. The van der Waals surface area contributed by atoms with E-state index in [2.05, 4.69) is 5.28 Å². The van der Waals surface area contributed by atoms with Crippen molar-refractivity contribution in [2.75, 3.05) is 0 Å². The summed E-state index contributed by atoms with van der Waals surface area (Å²) in [5, 5.41) is 22.0. The lowest BCUT2D eigenvalue weighted by Crippen LogP contribution is -2.26. The molecule has 0 heterocycles. The summed E-state index contributed by atoms with van der Waals surface area (Å²) >= 11 is 0. The third kappa shape index (κ3) is 1.77. The molecule has 0 rings (SSSR count). The molecule has 0 aliphatic heterocycles. The molecule has 0 radical (unpaired) electrons. The van der Waals surface area contributed by atoms with E-state index < -0.39 is 5.54 Å². The van der Waals surface area contributed by atoms with Crippen LogP contribution in [-0.2, 0) is 0 Å². The largest absolute Gasteiger partial charge is 0.739 e. The van der Waals surface area contributed by atoms with Gasteiger partial charge in [-0.15, -0.1) is 0 Å². The van der Waals surface area contributed by atoms with E-state index in [0.717, 1.165) is 0 Å². The molecular weight excluding hydrogens is 108 g/mol. The van der Waals surface area contributed by atoms with E-state index in [1.165, 1.54) is 0 Å². The summed E-state index contributed by atoms with van der Waals surface area (Å²) in [6.45, 7) is 4.84. The highest BCUT2D eigenvalue weighted by Gasteiger charge is 2.18. The van der Waals surface area contributed by atoms with Gasteiger partial charge in [0, 0.05) is 20.8 Å². The number of hydroxylamine groups is 1. The molecule has 48 valence electrons. The van der Waals surface area contributed by atoms with Crippen molar-refractivity contribution < 1.29 is 4.86 Å². The van der Waals surface area contributed by atoms with Crippen molar-refractivity contribution in [3.05, 3.63) is 10.4 Å². The first-order valence-electron chi connectivity index (χ1n) is 2.29. The zero-order valence-corrected chi connectivity index (χ0v) is 5.21. The van der Waals surface area contributed by atoms with Crippen molar-refractivity contribution in [2.45, 2.75) is 26.3 Å². The van der Waals surface area contributed by atoms with Gasteiger partial charge in [-0.05, 0) is 5.28 Å². The van der Waals surface area contributed by atoms with Gasteiger partial charge in [-0.25, -0.2) is 0 Å². The van der Waals surface area contributed by atoms with Gasteiger partial charge in [0.15, 0.2) is 5.54 Å². The fourth-order valence-electron chi connectivity index (χ4n) is 0.122. The van der Waals surface area contributed by atoms with Gasteiger partial charge in [0.2, 0.25) is 0 Å². The zero-order chi connectivity index (χ0) is 6.78. The van der Waals surface area contributed by atoms with Gasteiger partial charge < -0.3 is 10.4 Å². The standard InChI is InChI=1S/C4H10N2O2/c1-4(2,3)6(8)5-7/h7H,1-3H3/p-1/b6-5-. The highest BCUT2D eigenvalue weighted by Crippen LogP contribution is 2.04. The Balaban J connectivity index is 4.03. The average molecular weight is 117 g/mol. The van der Waals surface area contributed by atoms with Crippen LogP contribution in [0.25, 0.3) is 0 Å². The molecule has 0 aromatic heterocycles. The van der Waals surface area contributed by atoms with E-state index in [0.29, 0.717) is 0 Å². The Bertz CT molecular complexity index is 103. The minimum atomic E-state index is -0.693. The topological polar surface area (TPSA) is 61.5 Å². The molecule has 8 heavy (non-hydrogen) atoms. The second-order valence-corrected chi connectivity index (χ2v) is 2.53. The van der Waals surface area contributed by atoms with Gasteiger partial charge in [0.05, 0.1) is 0 Å². The zero-order valence-electron chi connectivity index (χ0n) is 5.21. The summed E-state index contributed by atoms with van der Waals surface area (Å²) in [5.74, 6) is 0. The third-order valence-electron chi connectivity index (χ3n) is 0.648. The molecule has 0 N–H and O–H groups in total. The second kappa shape index (κ2) is 1.98. The van der Waals surface area contributed by atoms with Crippen LogP contribution in [0.15, 0.2) is 5.28 Å². The Morgan fingerprint density at radius 3 is 1.75 bits per heavy atom. The molecule has 0 unspecified atom stereocenters. The number of nitrogens with zero attached hydrogens (tertiary/aromatic N) is 2. The van der Waals surface area contributed by atoms with E-state index >= 15 is 0 Å². The van der Waals surface area contributed by atoms with Crippen molar-refractivity contribution in [1.29, 1.82) is 0 Å². The van der Waals surface area contributed by atoms with Crippen molar-refractivity contribution in [1.82, 2.24) is 0 Å². The van der Waals surface area contributed by atoms with Crippen molar-refractivity contribution in [3.63, 3.8) is 0 Å². The molecule has 0 aromatic carbocycles. The molecule has 0 fully saturated rings. The quantitative estimate of drug-likeness (QED) is 0.272. The summed E-state index contributed by atoms with van der Waals surface area (Å²) in [5.41, 5.74) is -0.693. The fraction of sp³-hybridized carbons (Fsp3) is 1.00. The van der Waals surface area contributed by atoms with Crippen LogP contribution < -0.4 is 0 Å². The molecule has 0 aliphatic carbocycles. The molecule has 0 spiro atoms. The Hall–Kier alpha value is -0.800. The van der Waals surface area contributed by atoms with Gasteiger partial charge >= 0.3 is 0 Å². The fourth-order valence-corrected chi connectivity index (χ4v) is 0.122. The average Bonchev–Trinajstić information content (AvgIpc) is 1.62. The Morgan fingerprint density at radius 2 is 1.75 bits per heavy atom. The second-order valence-electron chi connectivity index (χ2n) is 2.53. The lowest BCUT2D eigenvalue weighted by Gasteiger charge is -2.15. The van der Waals surface area contributed by atoms with Crippen molar-refractivity contribution >= 4 is 0 Å². The summed E-state index contributed by atoms with van der Waals surface area (Å²) in [4.78, 5) is 0.132. The minimum absolute atomic E-state index is 0.132. The van der Waals surface area contributed by atoms with E-state index in [-0.39, 0.29) is 4.86 Å². The molecule has 4 heteroatoms. The number of hydrogen-bond donors (Lipinski definition) is 0.